The molecule has 6 heteroatoms. The maximum absolute atomic E-state index is 10.9. The van der Waals surface area contributed by atoms with Crippen LogP contribution in [0.4, 0.5) is 0 Å². The summed E-state index contributed by atoms with van der Waals surface area (Å²) in [6.45, 7) is 3.37. The lowest BCUT2D eigenvalue weighted by atomic mass is 10.3. The number of rotatable bonds is 5. The van der Waals surface area contributed by atoms with Gasteiger partial charge in [-0.2, -0.15) is 10.2 Å². The van der Waals surface area contributed by atoms with Gasteiger partial charge in [0.1, 0.15) is 0 Å². The van der Waals surface area contributed by atoms with Crippen molar-refractivity contribution in [2.45, 2.75) is 26.7 Å². The van der Waals surface area contributed by atoms with Crippen LogP contribution in [-0.2, 0) is 9.59 Å². The Bertz CT molecular complexity index is 222. The molecule has 0 saturated carbocycles. The maximum atomic E-state index is 10.9. The molecule has 2 N–H and O–H groups in total. The number of carbonyl (C=O) groups excluding carboxylic acids is 2. The molecule has 0 unspecified atom stereocenters. The highest BCUT2D eigenvalue weighted by atomic mass is 16.2. The fraction of sp³-hybridized carbons (Fsp3) is 0.500. The fourth-order valence-corrected chi connectivity index (χ4v) is 0.612. The minimum Gasteiger partial charge on any atom is -0.273 e. The Morgan fingerprint density at radius 1 is 1.00 bits per heavy atom. The third-order valence-corrected chi connectivity index (χ3v) is 1.22. The van der Waals surface area contributed by atoms with Gasteiger partial charge in [-0.15, -0.1) is 0 Å². The third-order valence-electron chi connectivity index (χ3n) is 1.22. The van der Waals surface area contributed by atoms with E-state index in [0.29, 0.717) is 0 Å². The molecule has 2 amide bonds. The van der Waals surface area contributed by atoms with Gasteiger partial charge in [-0.05, 0) is 13.8 Å². The van der Waals surface area contributed by atoms with Gasteiger partial charge < -0.3 is 0 Å². The van der Waals surface area contributed by atoms with E-state index in [4.69, 9.17) is 0 Å². The van der Waals surface area contributed by atoms with Gasteiger partial charge in [0.2, 0.25) is 11.8 Å². The zero-order valence-electron chi connectivity index (χ0n) is 8.28. The zero-order chi connectivity index (χ0) is 10.8. The van der Waals surface area contributed by atoms with Gasteiger partial charge in [-0.25, -0.2) is 10.9 Å². The first kappa shape index (κ1) is 12.3. The summed E-state index contributed by atoms with van der Waals surface area (Å²) in [7, 11) is 0. The highest BCUT2D eigenvalue weighted by Gasteiger charge is 2.04. The Morgan fingerprint density at radius 2 is 1.36 bits per heavy atom. The Hall–Kier alpha value is -1.72. The summed E-state index contributed by atoms with van der Waals surface area (Å²) in [5.41, 5.74) is 4.51. The van der Waals surface area contributed by atoms with Crippen molar-refractivity contribution in [2.75, 3.05) is 0 Å². The van der Waals surface area contributed by atoms with Crippen LogP contribution in [0.15, 0.2) is 10.2 Å². The average Bonchev–Trinajstić information content (AvgIpc) is 2.20. The molecule has 0 aromatic heterocycles. The van der Waals surface area contributed by atoms with Crippen LogP contribution in [0, 0.1) is 0 Å². The first-order valence-corrected chi connectivity index (χ1v) is 4.23. The van der Waals surface area contributed by atoms with E-state index in [1.165, 1.54) is 12.4 Å². The summed E-state index contributed by atoms with van der Waals surface area (Å²) >= 11 is 0. The Kier molecular flexibility index (Phi) is 6.93. The number of hydrogen-bond acceptors (Lipinski definition) is 4. The number of nitrogens with zero attached hydrogens (tertiary/aromatic N) is 2. The van der Waals surface area contributed by atoms with E-state index in [1.807, 2.05) is 0 Å². The minimum atomic E-state index is -0.293. The van der Waals surface area contributed by atoms with E-state index in [2.05, 4.69) is 21.1 Å². The Labute approximate surface area is 82.4 Å². The molecule has 0 spiro atoms. The molecule has 0 aliphatic heterocycles. The predicted octanol–water partition coefficient (Wildman–Crippen LogP) is 0.0104. The summed E-state index contributed by atoms with van der Waals surface area (Å²) in [4.78, 5) is 21.9. The molecule has 0 aromatic rings. The van der Waals surface area contributed by atoms with Crippen LogP contribution in [0.1, 0.15) is 26.7 Å². The van der Waals surface area contributed by atoms with Gasteiger partial charge in [-0.1, -0.05) is 0 Å². The summed E-state index contributed by atoms with van der Waals surface area (Å²) in [6.07, 6.45) is 3.11. The standard InChI is InChI=1S/C8H14N4O2/c1-3-9-11-7(13)5-6-8(14)12-10-4-2/h3-4H,5-6H2,1-2H3,(H,11,13)(H,12,14)/b9-3-,10-4+. The highest BCUT2D eigenvalue weighted by Crippen LogP contribution is 1.88. The molecule has 0 aliphatic rings. The molecular weight excluding hydrogens is 184 g/mol. The lowest BCUT2D eigenvalue weighted by Gasteiger charge is -1.98. The Morgan fingerprint density at radius 3 is 1.64 bits per heavy atom. The predicted molar refractivity (Wildman–Crippen MR) is 53.9 cm³/mol. The van der Waals surface area contributed by atoms with E-state index in [9.17, 15) is 9.59 Å². The summed E-state index contributed by atoms with van der Waals surface area (Å²) in [6, 6.07) is 0. The fourth-order valence-electron chi connectivity index (χ4n) is 0.612. The van der Waals surface area contributed by atoms with Crippen LogP contribution in [-0.4, -0.2) is 24.2 Å². The van der Waals surface area contributed by atoms with Gasteiger partial charge in [0.05, 0.1) is 0 Å². The number of nitrogens with one attached hydrogen (secondary N) is 2. The SMILES string of the molecule is C/C=N\NC(=O)CCC(=O)N/N=C/C. The monoisotopic (exact) mass is 198 g/mol. The first-order chi connectivity index (χ1) is 6.70. The van der Waals surface area contributed by atoms with Gasteiger partial charge >= 0.3 is 0 Å². The molecule has 0 fully saturated rings. The van der Waals surface area contributed by atoms with Crippen molar-refractivity contribution in [3.63, 3.8) is 0 Å². The molecule has 0 heterocycles. The number of hydrazone groups is 2. The van der Waals surface area contributed by atoms with Crippen LogP contribution in [0.3, 0.4) is 0 Å². The van der Waals surface area contributed by atoms with Crippen molar-refractivity contribution in [2.24, 2.45) is 10.2 Å². The van der Waals surface area contributed by atoms with E-state index in [1.54, 1.807) is 13.8 Å². The van der Waals surface area contributed by atoms with E-state index >= 15 is 0 Å². The van der Waals surface area contributed by atoms with Crippen LogP contribution in [0.25, 0.3) is 0 Å². The second-order valence-corrected chi connectivity index (χ2v) is 2.34. The second-order valence-electron chi connectivity index (χ2n) is 2.34. The molecule has 6 nitrogen and oxygen atoms in total. The van der Waals surface area contributed by atoms with Gasteiger partial charge in [-0.3, -0.25) is 9.59 Å². The molecule has 0 atom stereocenters. The quantitative estimate of drug-likeness (QED) is 0.482. The molecule has 0 aliphatic carbocycles. The lowest BCUT2D eigenvalue weighted by molar-refractivity contribution is -0.126. The van der Waals surface area contributed by atoms with E-state index in [0.717, 1.165) is 0 Å². The molecule has 78 valence electrons. The molecule has 14 heavy (non-hydrogen) atoms. The van der Waals surface area contributed by atoms with Gasteiger partial charge in [0.25, 0.3) is 0 Å². The normalized spacial score (nSPS) is 10.7. The van der Waals surface area contributed by atoms with Crippen molar-refractivity contribution in [3.8, 4) is 0 Å². The summed E-state index contributed by atoms with van der Waals surface area (Å²) < 4.78 is 0. The second kappa shape index (κ2) is 7.90. The van der Waals surface area contributed by atoms with Crippen LogP contribution in [0.2, 0.25) is 0 Å². The zero-order valence-corrected chi connectivity index (χ0v) is 8.28. The highest BCUT2D eigenvalue weighted by molar-refractivity contribution is 5.84. The van der Waals surface area contributed by atoms with Gasteiger partial charge in [0.15, 0.2) is 0 Å². The lowest BCUT2D eigenvalue weighted by Crippen LogP contribution is -2.22. The number of hydrogen-bond donors (Lipinski definition) is 2. The topological polar surface area (TPSA) is 82.9 Å². The van der Waals surface area contributed by atoms with Crippen LogP contribution in [0.5, 0.6) is 0 Å². The minimum absolute atomic E-state index is 0.0996. The smallest absolute Gasteiger partial charge is 0.240 e. The van der Waals surface area contributed by atoms with Gasteiger partial charge in [0, 0.05) is 25.3 Å². The largest absolute Gasteiger partial charge is 0.273 e. The summed E-state index contributed by atoms with van der Waals surface area (Å²) in [5.74, 6) is -0.586. The molecule has 0 rings (SSSR count). The van der Waals surface area contributed by atoms with Crippen LogP contribution < -0.4 is 10.9 Å². The van der Waals surface area contributed by atoms with Crippen LogP contribution >= 0.6 is 0 Å². The van der Waals surface area contributed by atoms with Crippen molar-refractivity contribution in [1.29, 1.82) is 0 Å². The third kappa shape index (κ3) is 6.96. The maximum Gasteiger partial charge on any atom is 0.240 e. The molecular formula is C8H14N4O2. The molecule has 0 radical (unpaired) electrons. The molecule has 0 saturated heterocycles. The van der Waals surface area contributed by atoms with Crippen molar-refractivity contribution < 1.29 is 9.59 Å². The Balaban J connectivity index is 3.61. The first-order valence-electron chi connectivity index (χ1n) is 4.23. The summed E-state index contributed by atoms with van der Waals surface area (Å²) in [5, 5.41) is 7.05. The number of amides is 2. The van der Waals surface area contributed by atoms with E-state index in [-0.39, 0.29) is 24.7 Å². The van der Waals surface area contributed by atoms with Crippen molar-refractivity contribution in [1.82, 2.24) is 10.9 Å². The molecule has 0 bridgehead atoms. The molecule has 0 aromatic carbocycles. The number of carbonyl (C=O) groups is 2. The van der Waals surface area contributed by atoms with E-state index < -0.39 is 0 Å². The average molecular weight is 198 g/mol. The van der Waals surface area contributed by atoms with Crippen molar-refractivity contribution >= 4 is 24.2 Å². The van der Waals surface area contributed by atoms with Crippen molar-refractivity contribution in [3.05, 3.63) is 0 Å².